The van der Waals surface area contributed by atoms with Gasteiger partial charge in [0.15, 0.2) is 0 Å². The Bertz CT molecular complexity index is 1140. The second-order valence-corrected chi connectivity index (χ2v) is 7.25. The van der Waals surface area contributed by atoms with E-state index in [1.807, 2.05) is 18.2 Å². The van der Waals surface area contributed by atoms with Gasteiger partial charge in [0.2, 0.25) is 5.91 Å². The van der Waals surface area contributed by atoms with Gasteiger partial charge in [-0.15, -0.1) is 0 Å². The second-order valence-electron chi connectivity index (χ2n) is 6.43. The van der Waals surface area contributed by atoms with Crippen LogP contribution in [0.3, 0.4) is 0 Å². The fourth-order valence-electron chi connectivity index (χ4n) is 2.73. The van der Waals surface area contributed by atoms with Crippen molar-refractivity contribution < 1.29 is 14.5 Å². The van der Waals surface area contributed by atoms with Crippen molar-refractivity contribution in [3.63, 3.8) is 0 Å². The minimum atomic E-state index is -0.521. The number of hydrogen-bond acceptors (Lipinski definition) is 5. The summed E-state index contributed by atoms with van der Waals surface area (Å²) in [4.78, 5) is 22.7. The van der Waals surface area contributed by atoms with Gasteiger partial charge in [-0.05, 0) is 29.8 Å². The van der Waals surface area contributed by atoms with Crippen LogP contribution in [-0.4, -0.2) is 17.0 Å². The SMILES string of the molecule is O=C(Cc1ccccc1[N+](=O)[O-])N/N=C/c1ccccc1OCc1ccc(Cl)c(Cl)c1. The van der Waals surface area contributed by atoms with Crippen molar-refractivity contribution >= 4 is 41.0 Å². The van der Waals surface area contributed by atoms with Crippen molar-refractivity contribution in [2.75, 3.05) is 0 Å². The summed E-state index contributed by atoms with van der Waals surface area (Å²) in [6.07, 6.45) is 1.28. The van der Waals surface area contributed by atoms with E-state index in [0.29, 0.717) is 26.9 Å². The molecule has 3 rings (SSSR count). The number of carbonyl (C=O) groups is 1. The van der Waals surface area contributed by atoms with Crippen LogP contribution in [0.5, 0.6) is 5.75 Å². The quantitative estimate of drug-likeness (QED) is 0.286. The number of ether oxygens (including phenoxy) is 1. The fraction of sp³-hybridized carbons (Fsp3) is 0.0909. The number of hydrazone groups is 1. The van der Waals surface area contributed by atoms with Crippen LogP contribution in [0.1, 0.15) is 16.7 Å². The Kier molecular flexibility index (Phi) is 7.59. The summed E-state index contributed by atoms with van der Waals surface area (Å²) >= 11 is 11.9. The number of nitro benzene ring substituents is 1. The molecule has 7 nitrogen and oxygen atoms in total. The standard InChI is InChI=1S/C22H17Cl2N3O4/c23-18-10-9-15(11-19(18)24)14-31-21-8-4-2-6-17(21)13-25-26-22(28)12-16-5-1-3-7-20(16)27(29)30/h1-11,13H,12,14H2,(H,26,28)/b25-13+. The van der Waals surface area contributed by atoms with E-state index in [1.54, 1.807) is 36.4 Å². The molecule has 0 unspecified atom stereocenters. The molecule has 0 aromatic heterocycles. The van der Waals surface area contributed by atoms with Crippen LogP contribution in [0.25, 0.3) is 0 Å². The van der Waals surface area contributed by atoms with Crippen molar-refractivity contribution in [2.24, 2.45) is 5.10 Å². The fourth-order valence-corrected chi connectivity index (χ4v) is 3.05. The summed E-state index contributed by atoms with van der Waals surface area (Å²) in [5, 5.41) is 15.9. The Morgan fingerprint density at radius 3 is 2.58 bits per heavy atom. The summed E-state index contributed by atoms with van der Waals surface area (Å²) in [7, 11) is 0. The maximum absolute atomic E-state index is 12.1. The number of hydrogen-bond donors (Lipinski definition) is 1. The van der Waals surface area contributed by atoms with Gasteiger partial charge < -0.3 is 4.74 Å². The normalized spacial score (nSPS) is 10.8. The van der Waals surface area contributed by atoms with E-state index < -0.39 is 10.8 Å². The van der Waals surface area contributed by atoms with E-state index in [2.05, 4.69) is 10.5 Å². The molecule has 1 N–H and O–H groups in total. The summed E-state index contributed by atoms with van der Waals surface area (Å²) in [6.45, 7) is 0.270. The minimum Gasteiger partial charge on any atom is -0.488 e. The maximum Gasteiger partial charge on any atom is 0.273 e. The number of rotatable bonds is 8. The molecule has 0 radical (unpaired) electrons. The van der Waals surface area contributed by atoms with Gasteiger partial charge in [-0.2, -0.15) is 5.10 Å². The Labute approximate surface area is 188 Å². The number of carbonyl (C=O) groups excluding carboxylic acids is 1. The van der Waals surface area contributed by atoms with Crippen LogP contribution in [0.4, 0.5) is 5.69 Å². The van der Waals surface area contributed by atoms with E-state index in [-0.39, 0.29) is 18.7 Å². The smallest absolute Gasteiger partial charge is 0.273 e. The number of nitro groups is 1. The van der Waals surface area contributed by atoms with Crippen molar-refractivity contribution in [3.8, 4) is 5.75 Å². The molecular formula is C22H17Cl2N3O4. The zero-order valence-corrected chi connectivity index (χ0v) is 17.6. The van der Waals surface area contributed by atoms with Crippen LogP contribution in [-0.2, 0) is 17.8 Å². The predicted molar refractivity (Wildman–Crippen MR) is 120 cm³/mol. The molecule has 3 aromatic rings. The van der Waals surface area contributed by atoms with E-state index >= 15 is 0 Å². The van der Waals surface area contributed by atoms with E-state index in [0.717, 1.165) is 5.56 Å². The van der Waals surface area contributed by atoms with Crippen molar-refractivity contribution in [1.82, 2.24) is 5.43 Å². The van der Waals surface area contributed by atoms with E-state index in [1.165, 1.54) is 18.3 Å². The number of amides is 1. The molecule has 0 aliphatic rings. The third kappa shape index (κ3) is 6.28. The molecule has 0 aliphatic carbocycles. The van der Waals surface area contributed by atoms with Gasteiger partial charge in [-0.1, -0.05) is 59.6 Å². The monoisotopic (exact) mass is 457 g/mol. The van der Waals surface area contributed by atoms with Crippen LogP contribution >= 0.6 is 23.2 Å². The first kappa shape index (κ1) is 22.3. The average molecular weight is 458 g/mol. The molecule has 0 bridgehead atoms. The number of nitrogens with zero attached hydrogens (tertiary/aromatic N) is 2. The molecule has 0 atom stereocenters. The molecule has 0 saturated heterocycles. The first-order chi connectivity index (χ1) is 14.9. The summed E-state index contributed by atoms with van der Waals surface area (Å²) in [5.41, 5.74) is 4.08. The second kappa shape index (κ2) is 10.6. The maximum atomic E-state index is 12.1. The molecule has 31 heavy (non-hydrogen) atoms. The molecule has 0 aliphatic heterocycles. The molecule has 0 heterocycles. The summed E-state index contributed by atoms with van der Waals surface area (Å²) in [5.74, 6) is 0.0880. The molecule has 3 aromatic carbocycles. The van der Waals surface area contributed by atoms with Crippen LogP contribution in [0, 0.1) is 10.1 Å². The van der Waals surface area contributed by atoms with Crippen LogP contribution in [0.2, 0.25) is 10.0 Å². The number of halogens is 2. The zero-order valence-electron chi connectivity index (χ0n) is 16.1. The topological polar surface area (TPSA) is 93.8 Å². The summed E-state index contributed by atoms with van der Waals surface area (Å²) in [6, 6.07) is 18.5. The highest BCUT2D eigenvalue weighted by atomic mass is 35.5. The van der Waals surface area contributed by atoms with Gasteiger partial charge >= 0.3 is 0 Å². The molecule has 158 valence electrons. The Morgan fingerprint density at radius 2 is 1.81 bits per heavy atom. The summed E-state index contributed by atoms with van der Waals surface area (Å²) < 4.78 is 5.83. The largest absolute Gasteiger partial charge is 0.488 e. The molecule has 1 amide bonds. The third-order valence-electron chi connectivity index (χ3n) is 4.23. The van der Waals surface area contributed by atoms with Crippen molar-refractivity contribution in [2.45, 2.75) is 13.0 Å². The van der Waals surface area contributed by atoms with Gasteiger partial charge in [0.05, 0.1) is 27.6 Å². The highest BCUT2D eigenvalue weighted by Crippen LogP contribution is 2.24. The highest BCUT2D eigenvalue weighted by Gasteiger charge is 2.15. The highest BCUT2D eigenvalue weighted by molar-refractivity contribution is 6.42. The number of benzene rings is 3. The van der Waals surface area contributed by atoms with Crippen molar-refractivity contribution in [1.29, 1.82) is 0 Å². The van der Waals surface area contributed by atoms with E-state index in [9.17, 15) is 14.9 Å². The molecule has 9 heteroatoms. The van der Waals surface area contributed by atoms with Crippen molar-refractivity contribution in [3.05, 3.63) is 104 Å². The minimum absolute atomic E-state index is 0.109. The van der Waals surface area contributed by atoms with Gasteiger partial charge in [-0.25, -0.2) is 5.43 Å². The van der Waals surface area contributed by atoms with Gasteiger partial charge in [-0.3, -0.25) is 14.9 Å². The zero-order chi connectivity index (χ0) is 22.2. The molecular weight excluding hydrogens is 441 g/mol. The van der Waals surface area contributed by atoms with Gasteiger partial charge in [0, 0.05) is 17.2 Å². The lowest BCUT2D eigenvalue weighted by atomic mass is 10.1. The van der Waals surface area contributed by atoms with Gasteiger partial charge in [0.1, 0.15) is 12.4 Å². The van der Waals surface area contributed by atoms with Gasteiger partial charge in [0.25, 0.3) is 5.69 Å². The first-order valence-corrected chi connectivity index (χ1v) is 9.89. The Morgan fingerprint density at radius 1 is 1.06 bits per heavy atom. The van der Waals surface area contributed by atoms with Crippen LogP contribution in [0.15, 0.2) is 71.8 Å². The average Bonchev–Trinajstić information content (AvgIpc) is 2.75. The number of nitrogens with one attached hydrogen (secondary N) is 1. The third-order valence-corrected chi connectivity index (χ3v) is 4.97. The lowest BCUT2D eigenvalue weighted by molar-refractivity contribution is -0.385. The number of para-hydroxylation sites is 2. The van der Waals surface area contributed by atoms with E-state index in [4.69, 9.17) is 27.9 Å². The Balaban J connectivity index is 1.62. The molecule has 0 fully saturated rings. The van der Waals surface area contributed by atoms with Crippen LogP contribution < -0.4 is 10.2 Å². The Hall–Kier alpha value is -3.42. The lowest BCUT2D eigenvalue weighted by Crippen LogP contribution is -2.20. The molecule has 0 spiro atoms. The predicted octanol–water partition coefficient (Wildman–Crippen LogP) is 5.17. The molecule has 0 saturated carbocycles. The lowest BCUT2D eigenvalue weighted by Gasteiger charge is -2.09. The first-order valence-electron chi connectivity index (χ1n) is 9.14.